The molecule has 1 atom stereocenters. The van der Waals surface area contributed by atoms with E-state index in [1.165, 1.54) is 7.11 Å². The van der Waals surface area contributed by atoms with Crippen molar-refractivity contribution in [1.82, 2.24) is 0 Å². The molecule has 1 aromatic carbocycles. The summed E-state index contributed by atoms with van der Waals surface area (Å²) in [4.78, 5) is 23.6. The SMILES string of the molecule is COC(=O)[C@H]1C(=O)CCc2c1ccc1c2OCO1. The molecule has 1 aliphatic heterocycles. The van der Waals surface area contributed by atoms with Crippen molar-refractivity contribution in [3.63, 3.8) is 0 Å². The molecule has 1 heterocycles. The highest BCUT2D eigenvalue weighted by atomic mass is 16.7. The second kappa shape index (κ2) is 4.01. The van der Waals surface area contributed by atoms with Gasteiger partial charge >= 0.3 is 5.97 Å². The first-order valence-corrected chi connectivity index (χ1v) is 5.74. The predicted molar refractivity (Wildman–Crippen MR) is 60.7 cm³/mol. The van der Waals surface area contributed by atoms with Gasteiger partial charge in [-0.05, 0) is 18.1 Å². The van der Waals surface area contributed by atoms with Crippen molar-refractivity contribution in [2.24, 2.45) is 0 Å². The van der Waals surface area contributed by atoms with Gasteiger partial charge in [-0.25, -0.2) is 0 Å². The van der Waals surface area contributed by atoms with Crippen LogP contribution in [0.5, 0.6) is 11.5 Å². The van der Waals surface area contributed by atoms with E-state index in [1.807, 2.05) is 0 Å². The first kappa shape index (κ1) is 11.1. The van der Waals surface area contributed by atoms with Crippen molar-refractivity contribution in [2.45, 2.75) is 18.8 Å². The number of hydrogen-bond donors (Lipinski definition) is 0. The number of carbonyl (C=O) groups excluding carboxylic acids is 2. The summed E-state index contributed by atoms with van der Waals surface area (Å²) in [5, 5.41) is 0. The first-order chi connectivity index (χ1) is 8.72. The molecule has 3 rings (SSSR count). The third-order valence-corrected chi connectivity index (χ3v) is 3.37. The van der Waals surface area contributed by atoms with Crippen LogP contribution in [0.15, 0.2) is 12.1 Å². The number of methoxy groups -OCH3 is 1. The van der Waals surface area contributed by atoms with Crippen molar-refractivity contribution < 1.29 is 23.8 Å². The molecule has 5 heteroatoms. The van der Waals surface area contributed by atoms with Gasteiger partial charge in [-0.3, -0.25) is 9.59 Å². The van der Waals surface area contributed by atoms with Crippen LogP contribution >= 0.6 is 0 Å². The summed E-state index contributed by atoms with van der Waals surface area (Å²) < 4.78 is 15.4. The Bertz CT molecular complexity index is 534. The van der Waals surface area contributed by atoms with E-state index in [1.54, 1.807) is 12.1 Å². The zero-order valence-corrected chi connectivity index (χ0v) is 9.89. The van der Waals surface area contributed by atoms with E-state index in [-0.39, 0.29) is 12.6 Å². The van der Waals surface area contributed by atoms with Crippen LogP contribution in [0.2, 0.25) is 0 Å². The fourth-order valence-electron chi connectivity index (χ4n) is 2.52. The Balaban J connectivity index is 2.12. The maximum absolute atomic E-state index is 11.9. The van der Waals surface area contributed by atoms with E-state index < -0.39 is 11.9 Å². The third kappa shape index (κ3) is 1.47. The average Bonchev–Trinajstić information content (AvgIpc) is 2.86. The van der Waals surface area contributed by atoms with E-state index in [2.05, 4.69) is 0 Å². The second-order valence-electron chi connectivity index (χ2n) is 4.29. The molecular formula is C13H12O5. The lowest BCUT2D eigenvalue weighted by molar-refractivity contribution is -0.146. The lowest BCUT2D eigenvalue weighted by Gasteiger charge is -2.23. The molecule has 2 aliphatic rings. The molecule has 0 spiro atoms. The van der Waals surface area contributed by atoms with Gasteiger partial charge in [-0.2, -0.15) is 0 Å². The summed E-state index contributed by atoms with van der Waals surface area (Å²) in [5.41, 5.74) is 1.57. The quantitative estimate of drug-likeness (QED) is 0.551. The molecule has 1 aromatic rings. The topological polar surface area (TPSA) is 61.8 Å². The molecule has 0 saturated heterocycles. The van der Waals surface area contributed by atoms with Crippen LogP contribution in [0, 0.1) is 0 Å². The standard InChI is InChI=1S/C13H12O5/c1-16-13(15)11-7-3-5-10-12(18-6-17-10)8(7)2-4-9(11)14/h3,5,11H,2,4,6H2,1H3/t11-/m1/s1. The minimum absolute atomic E-state index is 0.104. The highest BCUT2D eigenvalue weighted by Crippen LogP contribution is 2.43. The number of ether oxygens (including phenoxy) is 3. The highest BCUT2D eigenvalue weighted by Gasteiger charge is 2.37. The van der Waals surface area contributed by atoms with Crippen LogP contribution in [0.1, 0.15) is 23.5 Å². The molecule has 0 saturated carbocycles. The minimum atomic E-state index is -0.826. The van der Waals surface area contributed by atoms with Gasteiger partial charge in [0.2, 0.25) is 6.79 Å². The van der Waals surface area contributed by atoms with Crippen LogP contribution in [-0.4, -0.2) is 25.7 Å². The zero-order valence-electron chi connectivity index (χ0n) is 9.89. The first-order valence-electron chi connectivity index (χ1n) is 5.74. The molecule has 94 valence electrons. The zero-order chi connectivity index (χ0) is 12.7. The maximum atomic E-state index is 11.9. The summed E-state index contributed by atoms with van der Waals surface area (Å²) in [7, 11) is 1.29. The summed E-state index contributed by atoms with van der Waals surface area (Å²) in [6.45, 7) is 0.183. The van der Waals surface area contributed by atoms with E-state index in [0.29, 0.717) is 29.9 Å². The third-order valence-electron chi connectivity index (χ3n) is 3.37. The predicted octanol–water partition coefficient (Wildman–Crippen LogP) is 1.19. The molecule has 1 aliphatic carbocycles. The Morgan fingerprint density at radius 1 is 1.33 bits per heavy atom. The number of carbonyl (C=O) groups is 2. The summed E-state index contributed by atoms with van der Waals surface area (Å²) in [5.74, 6) is -0.109. The maximum Gasteiger partial charge on any atom is 0.320 e. The molecule has 0 radical (unpaired) electrons. The largest absolute Gasteiger partial charge is 0.468 e. The van der Waals surface area contributed by atoms with Crippen molar-refractivity contribution >= 4 is 11.8 Å². The minimum Gasteiger partial charge on any atom is -0.468 e. The van der Waals surface area contributed by atoms with Crippen LogP contribution in [0.25, 0.3) is 0 Å². The van der Waals surface area contributed by atoms with Crippen molar-refractivity contribution in [3.05, 3.63) is 23.3 Å². The summed E-state index contributed by atoms with van der Waals surface area (Å²) >= 11 is 0. The molecule has 0 bridgehead atoms. The summed E-state index contributed by atoms with van der Waals surface area (Å²) in [6, 6.07) is 3.48. The normalized spacial score (nSPS) is 20.5. The highest BCUT2D eigenvalue weighted by molar-refractivity contribution is 6.06. The van der Waals surface area contributed by atoms with Gasteiger partial charge in [0.15, 0.2) is 17.3 Å². The van der Waals surface area contributed by atoms with E-state index in [4.69, 9.17) is 14.2 Å². The monoisotopic (exact) mass is 248 g/mol. The van der Waals surface area contributed by atoms with Gasteiger partial charge in [0.05, 0.1) is 7.11 Å². The van der Waals surface area contributed by atoms with Crippen LogP contribution in [0.4, 0.5) is 0 Å². The number of hydrogen-bond acceptors (Lipinski definition) is 5. The van der Waals surface area contributed by atoms with Gasteiger partial charge in [0.1, 0.15) is 5.92 Å². The van der Waals surface area contributed by atoms with Gasteiger partial charge in [-0.1, -0.05) is 6.07 Å². The van der Waals surface area contributed by atoms with E-state index in [9.17, 15) is 9.59 Å². The molecule has 0 aromatic heterocycles. The number of benzene rings is 1. The van der Waals surface area contributed by atoms with Crippen LogP contribution in [0.3, 0.4) is 0 Å². The smallest absolute Gasteiger partial charge is 0.320 e. The Morgan fingerprint density at radius 2 is 2.17 bits per heavy atom. The Kier molecular flexibility index (Phi) is 2.47. The fraction of sp³-hybridized carbons (Fsp3) is 0.385. The Morgan fingerprint density at radius 3 is 2.94 bits per heavy atom. The molecule has 0 N–H and O–H groups in total. The van der Waals surface area contributed by atoms with Crippen LogP contribution in [-0.2, 0) is 20.7 Å². The van der Waals surface area contributed by atoms with Gasteiger partial charge in [0, 0.05) is 12.0 Å². The van der Waals surface area contributed by atoms with E-state index in [0.717, 1.165) is 5.56 Å². The number of esters is 1. The lowest BCUT2D eigenvalue weighted by atomic mass is 9.81. The van der Waals surface area contributed by atoms with Crippen molar-refractivity contribution in [2.75, 3.05) is 13.9 Å². The van der Waals surface area contributed by atoms with Gasteiger partial charge in [0.25, 0.3) is 0 Å². The number of fused-ring (bicyclic) bond motifs is 3. The van der Waals surface area contributed by atoms with Crippen LogP contribution < -0.4 is 9.47 Å². The molecule has 18 heavy (non-hydrogen) atoms. The fourth-order valence-corrected chi connectivity index (χ4v) is 2.52. The molecule has 5 nitrogen and oxygen atoms in total. The molecule has 0 amide bonds. The van der Waals surface area contributed by atoms with Gasteiger partial charge < -0.3 is 14.2 Å². The number of Topliss-reactive ketones (excluding diaryl/α,β-unsaturated/α-hetero) is 1. The van der Waals surface area contributed by atoms with Crippen molar-refractivity contribution in [3.8, 4) is 11.5 Å². The lowest BCUT2D eigenvalue weighted by Crippen LogP contribution is -2.28. The Labute approximate surface area is 104 Å². The number of rotatable bonds is 1. The number of ketones is 1. The van der Waals surface area contributed by atoms with E-state index >= 15 is 0 Å². The second-order valence-corrected chi connectivity index (χ2v) is 4.29. The average molecular weight is 248 g/mol. The molecular weight excluding hydrogens is 236 g/mol. The van der Waals surface area contributed by atoms with Gasteiger partial charge in [-0.15, -0.1) is 0 Å². The summed E-state index contributed by atoms with van der Waals surface area (Å²) in [6.07, 6.45) is 0.904. The molecule has 0 unspecified atom stereocenters. The van der Waals surface area contributed by atoms with Crippen molar-refractivity contribution in [1.29, 1.82) is 0 Å². The molecule has 0 fully saturated rings. The Hall–Kier alpha value is -2.04.